The zero-order valence-electron chi connectivity index (χ0n) is 10.6. The Morgan fingerprint density at radius 1 is 0.700 bits per heavy atom. The zero-order chi connectivity index (χ0) is 13.4. The van der Waals surface area contributed by atoms with Crippen LogP contribution in [-0.4, -0.2) is 20.2 Å². The number of rotatable bonds is 1. The molecule has 0 radical (unpaired) electrons. The van der Waals surface area contributed by atoms with Crippen LogP contribution in [-0.2, 0) is 0 Å². The lowest BCUT2D eigenvalue weighted by atomic mass is 10.1. The van der Waals surface area contributed by atoms with Crippen LogP contribution in [0, 0.1) is 0 Å². The van der Waals surface area contributed by atoms with Crippen molar-refractivity contribution in [2.75, 3.05) is 0 Å². The van der Waals surface area contributed by atoms with Gasteiger partial charge in [0.05, 0.1) is 11.7 Å². The molecule has 0 amide bonds. The topological polar surface area (TPSA) is 51.6 Å². The van der Waals surface area contributed by atoms with Crippen LogP contribution in [0.15, 0.2) is 61.1 Å². The summed E-state index contributed by atoms with van der Waals surface area (Å²) in [5, 5.41) is 11.5. The quantitative estimate of drug-likeness (QED) is 0.526. The molecule has 0 aliphatic carbocycles. The molecule has 2 aromatic heterocycles. The van der Waals surface area contributed by atoms with Crippen LogP contribution in [0.5, 0.6) is 0 Å². The van der Waals surface area contributed by atoms with Crippen molar-refractivity contribution in [2.24, 2.45) is 0 Å². The van der Waals surface area contributed by atoms with Gasteiger partial charge in [-0.1, -0.05) is 42.5 Å². The number of para-hydroxylation sites is 1. The van der Waals surface area contributed by atoms with Gasteiger partial charge in [0.2, 0.25) is 0 Å². The van der Waals surface area contributed by atoms with Crippen LogP contribution in [0.1, 0.15) is 0 Å². The average Bonchev–Trinajstić information content (AvgIpc) is 2.54. The molecule has 4 heteroatoms. The first-order valence-electron chi connectivity index (χ1n) is 6.34. The fourth-order valence-electron chi connectivity index (χ4n) is 2.40. The maximum Gasteiger partial charge on any atom is 0.120 e. The second-order valence-electron chi connectivity index (χ2n) is 4.52. The number of fused-ring (bicyclic) bond motifs is 2. The van der Waals surface area contributed by atoms with Gasteiger partial charge >= 0.3 is 0 Å². The number of hydrogen-bond acceptors (Lipinski definition) is 4. The maximum atomic E-state index is 4.41. The van der Waals surface area contributed by atoms with Crippen molar-refractivity contribution in [3.05, 3.63) is 61.1 Å². The van der Waals surface area contributed by atoms with Gasteiger partial charge in [-0.15, -0.1) is 5.10 Å². The third kappa shape index (κ3) is 1.62. The van der Waals surface area contributed by atoms with Gasteiger partial charge in [-0.3, -0.25) is 0 Å². The second-order valence-corrected chi connectivity index (χ2v) is 4.52. The lowest BCUT2D eigenvalue weighted by Crippen LogP contribution is -1.94. The van der Waals surface area contributed by atoms with E-state index in [1.807, 2.05) is 48.5 Å². The molecule has 0 aliphatic rings. The van der Waals surface area contributed by atoms with E-state index < -0.39 is 0 Å². The van der Waals surface area contributed by atoms with Crippen molar-refractivity contribution in [1.29, 1.82) is 0 Å². The summed E-state index contributed by atoms with van der Waals surface area (Å²) in [5.74, 6) is 0. The fraction of sp³-hybridized carbons (Fsp3) is 0. The van der Waals surface area contributed by atoms with Gasteiger partial charge in [0, 0.05) is 16.2 Å². The van der Waals surface area contributed by atoms with E-state index in [0.717, 1.165) is 33.1 Å². The lowest BCUT2D eigenvalue weighted by molar-refractivity contribution is 1.05. The van der Waals surface area contributed by atoms with Crippen molar-refractivity contribution in [3.8, 4) is 11.4 Å². The van der Waals surface area contributed by atoms with Crippen LogP contribution in [0.4, 0.5) is 0 Å². The number of benzene rings is 2. The van der Waals surface area contributed by atoms with E-state index >= 15 is 0 Å². The predicted octanol–water partition coefficient (Wildman–Crippen LogP) is 3.24. The average molecular weight is 258 g/mol. The van der Waals surface area contributed by atoms with Gasteiger partial charge in [-0.05, 0) is 6.07 Å². The van der Waals surface area contributed by atoms with E-state index in [1.165, 1.54) is 0 Å². The van der Waals surface area contributed by atoms with Gasteiger partial charge < -0.3 is 0 Å². The summed E-state index contributed by atoms with van der Waals surface area (Å²) in [6.45, 7) is 0. The molecule has 0 fully saturated rings. The first-order chi connectivity index (χ1) is 9.93. The lowest BCUT2D eigenvalue weighted by Gasteiger charge is -2.06. The number of aromatic nitrogens is 4. The molecule has 2 aromatic carbocycles. The van der Waals surface area contributed by atoms with Crippen molar-refractivity contribution >= 4 is 21.7 Å². The molecule has 0 aliphatic heterocycles. The molecular weight excluding hydrogens is 248 g/mol. The van der Waals surface area contributed by atoms with E-state index in [9.17, 15) is 0 Å². The molecule has 0 spiro atoms. The number of nitrogens with zero attached hydrogens (tertiary/aromatic N) is 4. The van der Waals surface area contributed by atoms with Crippen molar-refractivity contribution in [1.82, 2.24) is 20.2 Å². The summed E-state index contributed by atoms with van der Waals surface area (Å²) in [4.78, 5) is 8.70. The van der Waals surface area contributed by atoms with E-state index in [4.69, 9.17) is 0 Å². The SMILES string of the molecule is c1ccc2c(-c3ncnc4ccccc34)nncc2c1. The van der Waals surface area contributed by atoms with Gasteiger partial charge in [-0.25, -0.2) is 9.97 Å². The Balaban J connectivity index is 2.12. The Hall–Kier alpha value is -2.88. The number of hydrogen-bond donors (Lipinski definition) is 0. The molecule has 94 valence electrons. The third-order valence-electron chi connectivity index (χ3n) is 3.34. The van der Waals surface area contributed by atoms with E-state index in [0.29, 0.717) is 0 Å². The first-order valence-corrected chi connectivity index (χ1v) is 6.34. The summed E-state index contributed by atoms with van der Waals surface area (Å²) in [6, 6.07) is 16.0. The van der Waals surface area contributed by atoms with Gasteiger partial charge in [0.1, 0.15) is 17.7 Å². The van der Waals surface area contributed by atoms with Crippen LogP contribution in [0.3, 0.4) is 0 Å². The van der Waals surface area contributed by atoms with Crippen LogP contribution in [0.25, 0.3) is 33.1 Å². The second kappa shape index (κ2) is 4.35. The highest BCUT2D eigenvalue weighted by molar-refractivity contribution is 6.00. The molecule has 4 rings (SSSR count). The summed E-state index contributed by atoms with van der Waals surface area (Å²) in [6.07, 6.45) is 3.34. The standard InChI is InChI=1S/C16H10N4/c1-2-6-12-11(5-1)9-19-20-16(12)15-13-7-3-4-8-14(13)17-10-18-15/h1-10H. The Morgan fingerprint density at radius 3 is 2.45 bits per heavy atom. The minimum atomic E-state index is 0.793. The van der Waals surface area contributed by atoms with Crippen molar-refractivity contribution in [2.45, 2.75) is 0 Å². The highest BCUT2D eigenvalue weighted by Gasteiger charge is 2.11. The summed E-state index contributed by atoms with van der Waals surface area (Å²) in [5.41, 5.74) is 2.52. The highest BCUT2D eigenvalue weighted by atomic mass is 15.1. The summed E-state index contributed by atoms with van der Waals surface area (Å²) < 4.78 is 0. The Labute approximate surface area is 115 Å². The first kappa shape index (κ1) is 11.0. The third-order valence-corrected chi connectivity index (χ3v) is 3.34. The molecule has 2 heterocycles. The zero-order valence-corrected chi connectivity index (χ0v) is 10.6. The van der Waals surface area contributed by atoms with Gasteiger partial charge in [-0.2, -0.15) is 5.10 Å². The summed E-state index contributed by atoms with van der Waals surface area (Å²) >= 11 is 0. The highest BCUT2D eigenvalue weighted by Crippen LogP contribution is 2.28. The monoisotopic (exact) mass is 258 g/mol. The van der Waals surface area contributed by atoms with Crippen LogP contribution < -0.4 is 0 Å². The Bertz CT molecular complexity index is 830. The van der Waals surface area contributed by atoms with Crippen LogP contribution in [0.2, 0.25) is 0 Å². The molecule has 0 saturated carbocycles. The molecule has 0 atom stereocenters. The van der Waals surface area contributed by atoms with E-state index in [1.54, 1.807) is 12.5 Å². The predicted molar refractivity (Wildman–Crippen MR) is 78.1 cm³/mol. The molecule has 0 unspecified atom stereocenters. The van der Waals surface area contributed by atoms with Crippen molar-refractivity contribution in [3.63, 3.8) is 0 Å². The summed E-state index contributed by atoms with van der Waals surface area (Å²) in [7, 11) is 0. The maximum absolute atomic E-state index is 4.41. The fourth-order valence-corrected chi connectivity index (χ4v) is 2.40. The van der Waals surface area contributed by atoms with E-state index in [-0.39, 0.29) is 0 Å². The Morgan fingerprint density at radius 2 is 1.50 bits per heavy atom. The van der Waals surface area contributed by atoms with Crippen molar-refractivity contribution < 1.29 is 0 Å². The molecule has 4 aromatic rings. The molecule has 0 N–H and O–H groups in total. The molecular formula is C16H10N4. The van der Waals surface area contributed by atoms with Crippen LogP contribution >= 0.6 is 0 Å². The molecule has 0 saturated heterocycles. The minimum absolute atomic E-state index is 0.793. The van der Waals surface area contributed by atoms with Gasteiger partial charge in [0.15, 0.2) is 0 Å². The van der Waals surface area contributed by atoms with E-state index in [2.05, 4.69) is 20.2 Å². The Kier molecular flexibility index (Phi) is 2.39. The minimum Gasteiger partial charge on any atom is -0.236 e. The smallest absolute Gasteiger partial charge is 0.120 e. The molecule has 0 bridgehead atoms. The molecule has 4 nitrogen and oxygen atoms in total. The normalized spacial score (nSPS) is 11.0. The largest absolute Gasteiger partial charge is 0.236 e. The molecule has 20 heavy (non-hydrogen) atoms. The van der Waals surface area contributed by atoms with Gasteiger partial charge in [0.25, 0.3) is 0 Å².